The SMILES string of the molecule is CC(=O)CCCN1CCN(CCNC(=O)c2ccc3c(c2)CC(c2ccc(-c4nc5ccc(C(=O)NCCN6CCCCC6)cc5[nH]4)cc2)=N3)CC1. The van der Waals surface area contributed by atoms with E-state index in [0.717, 1.165) is 110 Å². The minimum Gasteiger partial charge on any atom is -0.351 e. The number of hydrogen-bond donors (Lipinski definition) is 3. The molecule has 2 saturated heterocycles. The number of imidazole rings is 1. The molecule has 0 atom stereocenters. The van der Waals surface area contributed by atoms with E-state index in [1.54, 1.807) is 6.92 Å². The van der Waals surface area contributed by atoms with E-state index in [9.17, 15) is 14.4 Å². The van der Waals surface area contributed by atoms with Crippen molar-refractivity contribution in [2.75, 3.05) is 72.0 Å². The third-order valence-electron chi connectivity index (χ3n) is 10.5. The summed E-state index contributed by atoms with van der Waals surface area (Å²) in [6.45, 7) is 11.8. The van der Waals surface area contributed by atoms with Gasteiger partial charge in [0.15, 0.2) is 0 Å². The van der Waals surface area contributed by atoms with Crippen LogP contribution in [0.2, 0.25) is 0 Å². The summed E-state index contributed by atoms with van der Waals surface area (Å²) in [5.74, 6) is 0.884. The van der Waals surface area contributed by atoms with Crippen molar-refractivity contribution in [3.63, 3.8) is 0 Å². The summed E-state index contributed by atoms with van der Waals surface area (Å²) in [6.07, 6.45) is 6.05. The average Bonchev–Trinajstić information content (AvgIpc) is 3.80. The Hall–Kier alpha value is -4.71. The molecule has 0 radical (unpaired) electrons. The number of carbonyl (C=O) groups excluding carboxylic acids is 3. The van der Waals surface area contributed by atoms with Gasteiger partial charge in [0.2, 0.25) is 0 Å². The lowest BCUT2D eigenvalue weighted by atomic mass is 10.0. The molecule has 3 N–H and O–H groups in total. The molecule has 11 heteroatoms. The largest absolute Gasteiger partial charge is 0.351 e. The third-order valence-corrected chi connectivity index (χ3v) is 10.5. The molecule has 0 spiro atoms. The van der Waals surface area contributed by atoms with Gasteiger partial charge in [-0.15, -0.1) is 0 Å². The molecule has 0 unspecified atom stereocenters. The van der Waals surface area contributed by atoms with Gasteiger partial charge in [-0.25, -0.2) is 4.98 Å². The molecule has 11 nitrogen and oxygen atoms in total. The molecule has 3 aliphatic rings. The van der Waals surface area contributed by atoms with E-state index in [1.807, 2.05) is 48.5 Å². The third kappa shape index (κ3) is 9.01. The zero-order valence-electron chi connectivity index (χ0n) is 30.3. The number of fused-ring (bicyclic) bond motifs is 2. The first-order chi connectivity index (χ1) is 25.4. The van der Waals surface area contributed by atoms with Gasteiger partial charge in [0, 0.05) is 81.9 Å². The Morgan fingerprint density at radius 2 is 1.33 bits per heavy atom. The molecular formula is C41H50N8O3. The predicted molar refractivity (Wildman–Crippen MR) is 206 cm³/mol. The molecule has 2 fully saturated rings. The highest BCUT2D eigenvalue weighted by Crippen LogP contribution is 2.31. The van der Waals surface area contributed by atoms with Gasteiger partial charge < -0.3 is 30.2 Å². The van der Waals surface area contributed by atoms with Crippen molar-refractivity contribution < 1.29 is 14.4 Å². The number of likely N-dealkylation sites (tertiary alicyclic amines) is 1. The fourth-order valence-corrected chi connectivity index (χ4v) is 7.45. The van der Waals surface area contributed by atoms with Crippen LogP contribution >= 0.6 is 0 Å². The summed E-state index contributed by atoms with van der Waals surface area (Å²) >= 11 is 0. The van der Waals surface area contributed by atoms with Crippen LogP contribution in [0.25, 0.3) is 22.4 Å². The van der Waals surface area contributed by atoms with Crippen LogP contribution in [0.3, 0.4) is 0 Å². The molecule has 2 amide bonds. The number of nitrogens with one attached hydrogen (secondary N) is 3. The number of carbonyl (C=O) groups is 3. The van der Waals surface area contributed by atoms with Crippen LogP contribution in [-0.4, -0.2) is 120 Å². The molecule has 3 aliphatic heterocycles. The van der Waals surface area contributed by atoms with Gasteiger partial charge in [-0.05, 0) is 93.3 Å². The van der Waals surface area contributed by atoms with Gasteiger partial charge in [-0.2, -0.15) is 0 Å². The number of aromatic nitrogens is 2. The smallest absolute Gasteiger partial charge is 0.251 e. The molecule has 0 aliphatic carbocycles. The predicted octanol–water partition coefficient (Wildman–Crippen LogP) is 4.84. The number of ketones is 1. The lowest BCUT2D eigenvalue weighted by Crippen LogP contribution is -2.48. The van der Waals surface area contributed by atoms with Gasteiger partial charge in [-0.1, -0.05) is 30.7 Å². The minimum atomic E-state index is -0.0644. The Morgan fingerprint density at radius 1 is 0.712 bits per heavy atom. The molecule has 0 bridgehead atoms. The number of aromatic amines is 1. The number of rotatable bonds is 14. The van der Waals surface area contributed by atoms with E-state index >= 15 is 0 Å². The fourth-order valence-electron chi connectivity index (χ4n) is 7.45. The Bertz CT molecular complexity index is 1920. The molecule has 4 heterocycles. The monoisotopic (exact) mass is 702 g/mol. The first-order valence-electron chi connectivity index (χ1n) is 18.9. The highest BCUT2D eigenvalue weighted by Gasteiger charge is 2.20. The van der Waals surface area contributed by atoms with E-state index in [-0.39, 0.29) is 17.6 Å². The van der Waals surface area contributed by atoms with Crippen molar-refractivity contribution in [3.8, 4) is 11.4 Å². The first-order valence-corrected chi connectivity index (χ1v) is 18.9. The maximum atomic E-state index is 13.0. The highest BCUT2D eigenvalue weighted by atomic mass is 16.2. The number of nitrogens with zero attached hydrogens (tertiary/aromatic N) is 5. The summed E-state index contributed by atoms with van der Waals surface area (Å²) in [5, 5.41) is 6.17. The molecule has 3 aromatic carbocycles. The summed E-state index contributed by atoms with van der Waals surface area (Å²) in [7, 11) is 0. The number of aliphatic imine (C=N–C) groups is 1. The van der Waals surface area contributed by atoms with Gasteiger partial charge in [0.05, 0.1) is 22.4 Å². The zero-order chi connectivity index (χ0) is 35.9. The van der Waals surface area contributed by atoms with E-state index in [4.69, 9.17) is 9.98 Å². The first kappa shape index (κ1) is 35.7. The minimum absolute atomic E-state index is 0.0603. The maximum Gasteiger partial charge on any atom is 0.251 e. The normalized spacial score (nSPS) is 16.8. The number of hydrogen-bond acceptors (Lipinski definition) is 8. The number of H-pyrrole nitrogens is 1. The Morgan fingerprint density at radius 3 is 2.02 bits per heavy atom. The van der Waals surface area contributed by atoms with Gasteiger partial charge in [-0.3, -0.25) is 19.5 Å². The molecule has 52 heavy (non-hydrogen) atoms. The molecule has 272 valence electrons. The molecular weight excluding hydrogens is 653 g/mol. The number of piperidine rings is 1. The second-order valence-electron chi connectivity index (χ2n) is 14.4. The molecule has 0 saturated carbocycles. The van der Waals surface area contributed by atoms with Gasteiger partial charge in [0.25, 0.3) is 11.8 Å². The summed E-state index contributed by atoms with van der Waals surface area (Å²) in [4.78, 5) is 57.3. The van der Waals surface area contributed by atoms with E-state index in [0.29, 0.717) is 37.1 Å². The van der Waals surface area contributed by atoms with Crippen molar-refractivity contribution in [1.29, 1.82) is 0 Å². The van der Waals surface area contributed by atoms with Gasteiger partial charge in [0.1, 0.15) is 11.6 Å². The summed E-state index contributed by atoms with van der Waals surface area (Å²) in [5.41, 5.74) is 7.84. The van der Waals surface area contributed by atoms with Crippen LogP contribution < -0.4 is 10.6 Å². The second kappa shape index (κ2) is 16.8. The second-order valence-corrected chi connectivity index (χ2v) is 14.4. The maximum absolute atomic E-state index is 13.0. The molecule has 1 aromatic heterocycles. The topological polar surface area (TPSA) is 126 Å². The van der Waals surface area contributed by atoms with Crippen LogP contribution in [0, 0.1) is 0 Å². The van der Waals surface area contributed by atoms with Crippen LogP contribution in [0.5, 0.6) is 0 Å². The van der Waals surface area contributed by atoms with Crippen molar-refractivity contribution in [2.24, 2.45) is 4.99 Å². The Kier molecular flexibility index (Phi) is 11.5. The Balaban J connectivity index is 0.881. The number of amides is 2. The quantitative estimate of drug-likeness (QED) is 0.172. The van der Waals surface area contributed by atoms with E-state index in [1.165, 1.54) is 19.3 Å². The lowest BCUT2D eigenvalue weighted by molar-refractivity contribution is -0.117. The molecule has 7 rings (SSSR count). The van der Waals surface area contributed by atoms with Crippen LogP contribution in [0.1, 0.15) is 70.9 Å². The lowest BCUT2D eigenvalue weighted by Gasteiger charge is -2.34. The highest BCUT2D eigenvalue weighted by molar-refractivity contribution is 6.07. The van der Waals surface area contributed by atoms with Crippen LogP contribution in [0.15, 0.2) is 65.7 Å². The van der Waals surface area contributed by atoms with E-state index < -0.39 is 0 Å². The number of piperazine rings is 1. The number of benzene rings is 3. The Labute approximate surface area is 305 Å². The standard InChI is InChI=1S/C41H50N8O3/c1-29(50)6-5-19-48-22-24-49(25-23-48)21-16-42-40(51)32-11-13-35-34(26-32)28-37(44-35)30-7-9-31(10-8-30)39-45-36-14-12-33(27-38(36)46-39)41(52)43-15-20-47-17-3-2-4-18-47/h7-14,26-27H,2-6,15-25,28H2,1H3,(H,42,51)(H,43,52)(H,45,46). The zero-order valence-corrected chi connectivity index (χ0v) is 30.3. The van der Waals surface area contributed by atoms with Crippen LogP contribution in [-0.2, 0) is 11.2 Å². The summed E-state index contributed by atoms with van der Waals surface area (Å²) in [6, 6.07) is 19.6. The van der Waals surface area contributed by atoms with E-state index in [2.05, 4.69) is 42.5 Å². The molecule has 4 aromatic rings. The fraction of sp³-hybridized carbons (Fsp3) is 0.439. The van der Waals surface area contributed by atoms with Crippen molar-refractivity contribution >= 4 is 40.0 Å². The number of Topliss-reactive ketones (excluding diaryl/α,β-unsaturated/α-hetero) is 1. The van der Waals surface area contributed by atoms with Crippen molar-refractivity contribution in [1.82, 2.24) is 35.3 Å². The van der Waals surface area contributed by atoms with Crippen LogP contribution in [0.4, 0.5) is 5.69 Å². The average molecular weight is 703 g/mol. The summed E-state index contributed by atoms with van der Waals surface area (Å²) < 4.78 is 0. The van der Waals surface area contributed by atoms with Crippen molar-refractivity contribution in [3.05, 3.63) is 82.9 Å². The van der Waals surface area contributed by atoms with Crippen molar-refractivity contribution in [2.45, 2.75) is 45.4 Å². The van der Waals surface area contributed by atoms with Gasteiger partial charge >= 0.3 is 0 Å².